The van der Waals surface area contributed by atoms with Gasteiger partial charge in [0.2, 0.25) is 0 Å². The number of ether oxygens (including phenoxy) is 1. The number of rotatable bonds is 9. The Hall–Kier alpha value is -2.91. The van der Waals surface area contributed by atoms with E-state index in [4.69, 9.17) is 4.74 Å². The lowest BCUT2D eigenvalue weighted by molar-refractivity contribution is -0.151. The van der Waals surface area contributed by atoms with Gasteiger partial charge in [-0.05, 0) is 61.9 Å². The van der Waals surface area contributed by atoms with Crippen LogP contribution in [0, 0.1) is 5.92 Å². The topological polar surface area (TPSA) is 29.5 Å². The number of benzene rings is 3. The van der Waals surface area contributed by atoms with Crippen molar-refractivity contribution in [2.24, 2.45) is 5.92 Å². The number of carbonyl (C=O) groups excluding carboxylic acids is 1. The second-order valence-electron chi connectivity index (χ2n) is 9.32. The van der Waals surface area contributed by atoms with Crippen LogP contribution in [-0.2, 0) is 22.5 Å². The normalized spacial score (nSPS) is 16.8. The summed E-state index contributed by atoms with van der Waals surface area (Å²) >= 11 is 0. The van der Waals surface area contributed by atoms with Gasteiger partial charge in [-0.3, -0.25) is 9.69 Å². The molecule has 3 nitrogen and oxygen atoms in total. The van der Waals surface area contributed by atoms with Crippen molar-refractivity contribution in [2.45, 2.75) is 51.2 Å². The van der Waals surface area contributed by atoms with Crippen molar-refractivity contribution >= 4 is 5.97 Å². The first-order valence-electron chi connectivity index (χ1n) is 12.2. The molecule has 1 aliphatic rings. The van der Waals surface area contributed by atoms with E-state index < -0.39 is 0 Å². The van der Waals surface area contributed by atoms with Crippen molar-refractivity contribution < 1.29 is 9.53 Å². The van der Waals surface area contributed by atoms with E-state index >= 15 is 0 Å². The Morgan fingerprint density at radius 1 is 0.848 bits per heavy atom. The number of hydrogen-bond acceptors (Lipinski definition) is 3. The highest BCUT2D eigenvalue weighted by molar-refractivity contribution is 5.77. The molecule has 1 fully saturated rings. The molecular formula is C30H35NO2. The van der Waals surface area contributed by atoms with Crippen LogP contribution in [0.4, 0.5) is 0 Å². The maximum Gasteiger partial charge on any atom is 0.313 e. The monoisotopic (exact) mass is 441 g/mol. The zero-order chi connectivity index (χ0) is 22.9. The van der Waals surface area contributed by atoms with Crippen LogP contribution in [0.3, 0.4) is 0 Å². The minimum atomic E-state index is -0.253. The van der Waals surface area contributed by atoms with Gasteiger partial charge in [0, 0.05) is 13.0 Å². The van der Waals surface area contributed by atoms with Gasteiger partial charge < -0.3 is 4.74 Å². The maximum absolute atomic E-state index is 13.0. The molecule has 172 valence electrons. The van der Waals surface area contributed by atoms with Gasteiger partial charge in [-0.25, -0.2) is 0 Å². The van der Waals surface area contributed by atoms with E-state index in [0.29, 0.717) is 5.92 Å². The molecule has 0 spiro atoms. The molecule has 1 saturated heterocycles. The zero-order valence-electron chi connectivity index (χ0n) is 19.6. The predicted molar refractivity (Wildman–Crippen MR) is 134 cm³/mol. The van der Waals surface area contributed by atoms with Gasteiger partial charge in [0.1, 0.15) is 6.10 Å². The molecule has 0 bridgehead atoms. The van der Waals surface area contributed by atoms with Crippen LogP contribution < -0.4 is 0 Å². The summed E-state index contributed by atoms with van der Waals surface area (Å²) in [6, 6.07) is 31.0. The third-order valence-electron chi connectivity index (χ3n) is 6.79. The molecule has 0 aliphatic carbocycles. The predicted octanol–water partition coefficient (Wildman–Crippen LogP) is 6.25. The molecule has 3 aromatic rings. The van der Waals surface area contributed by atoms with Crippen LogP contribution >= 0.6 is 0 Å². The van der Waals surface area contributed by atoms with Crippen LogP contribution in [0.5, 0.6) is 0 Å². The average molecular weight is 442 g/mol. The smallest absolute Gasteiger partial charge is 0.313 e. The van der Waals surface area contributed by atoms with Crippen LogP contribution in [0.25, 0.3) is 0 Å². The zero-order valence-corrected chi connectivity index (χ0v) is 19.6. The Morgan fingerprint density at radius 2 is 1.39 bits per heavy atom. The van der Waals surface area contributed by atoms with Crippen molar-refractivity contribution in [1.82, 2.24) is 4.90 Å². The summed E-state index contributed by atoms with van der Waals surface area (Å²) in [6.07, 6.45) is 3.93. The van der Waals surface area contributed by atoms with Crippen molar-refractivity contribution in [3.8, 4) is 0 Å². The highest BCUT2D eigenvalue weighted by Gasteiger charge is 2.27. The Morgan fingerprint density at radius 3 is 2.00 bits per heavy atom. The van der Waals surface area contributed by atoms with Crippen molar-refractivity contribution in [3.05, 3.63) is 108 Å². The van der Waals surface area contributed by atoms with E-state index in [-0.39, 0.29) is 18.0 Å². The molecule has 0 amide bonds. The van der Waals surface area contributed by atoms with Crippen LogP contribution in [-0.4, -0.2) is 30.1 Å². The summed E-state index contributed by atoms with van der Waals surface area (Å²) in [5, 5.41) is 0. The van der Waals surface area contributed by atoms with E-state index in [0.717, 1.165) is 50.9 Å². The van der Waals surface area contributed by atoms with Gasteiger partial charge in [-0.2, -0.15) is 0 Å². The number of nitrogens with zero attached hydrogens (tertiary/aromatic N) is 1. The highest BCUT2D eigenvalue weighted by Crippen LogP contribution is 2.27. The Balaban J connectivity index is 1.35. The largest absolute Gasteiger partial charge is 0.462 e. The fraction of sp³-hybridized carbons (Fsp3) is 0.367. The Bertz CT molecular complexity index is 966. The maximum atomic E-state index is 13.0. The lowest BCUT2D eigenvalue weighted by Crippen LogP contribution is -2.35. The molecule has 1 aliphatic heterocycles. The highest BCUT2D eigenvalue weighted by atomic mass is 16.5. The second-order valence-corrected chi connectivity index (χ2v) is 9.32. The summed E-state index contributed by atoms with van der Waals surface area (Å²) in [6.45, 7) is 5.17. The third-order valence-corrected chi connectivity index (χ3v) is 6.79. The second kappa shape index (κ2) is 11.8. The van der Waals surface area contributed by atoms with Gasteiger partial charge in [0.15, 0.2) is 0 Å². The molecule has 0 N–H and O–H groups in total. The molecule has 2 unspecified atom stereocenters. The van der Waals surface area contributed by atoms with Gasteiger partial charge in [-0.15, -0.1) is 0 Å². The van der Waals surface area contributed by atoms with Gasteiger partial charge >= 0.3 is 5.97 Å². The quantitative estimate of drug-likeness (QED) is 0.368. The summed E-state index contributed by atoms with van der Waals surface area (Å²) in [7, 11) is 0. The first-order chi connectivity index (χ1) is 16.2. The molecule has 0 aromatic heterocycles. The van der Waals surface area contributed by atoms with Crippen molar-refractivity contribution in [3.63, 3.8) is 0 Å². The number of esters is 1. The average Bonchev–Trinajstić information content (AvgIpc) is 2.86. The minimum Gasteiger partial charge on any atom is -0.462 e. The molecule has 1 heterocycles. The SMILES string of the molecule is CC(C(=O)OC(Cc1ccccc1)CC1CCN(Cc2ccccc2)CC1)c1ccccc1. The number of carbonyl (C=O) groups is 1. The molecule has 3 heteroatoms. The minimum absolute atomic E-state index is 0.0864. The summed E-state index contributed by atoms with van der Waals surface area (Å²) in [4.78, 5) is 15.6. The van der Waals surface area contributed by atoms with E-state index in [2.05, 4.69) is 59.5 Å². The van der Waals surface area contributed by atoms with Gasteiger partial charge in [0.25, 0.3) is 0 Å². The third kappa shape index (κ3) is 7.03. The fourth-order valence-corrected chi connectivity index (χ4v) is 4.79. The van der Waals surface area contributed by atoms with Crippen molar-refractivity contribution in [2.75, 3.05) is 13.1 Å². The molecule has 0 radical (unpaired) electrons. The van der Waals surface area contributed by atoms with E-state index in [1.165, 1.54) is 11.1 Å². The first kappa shape index (κ1) is 23.3. The number of piperidine rings is 1. The van der Waals surface area contributed by atoms with Crippen LogP contribution in [0.1, 0.15) is 48.8 Å². The van der Waals surface area contributed by atoms with E-state index in [1.807, 2.05) is 43.3 Å². The molecule has 0 saturated carbocycles. The van der Waals surface area contributed by atoms with Gasteiger partial charge in [0.05, 0.1) is 5.92 Å². The molecule has 3 aromatic carbocycles. The lowest BCUT2D eigenvalue weighted by atomic mass is 9.89. The van der Waals surface area contributed by atoms with E-state index in [9.17, 15) is 4.79 Å². The standard InChI is InChI=1S/C30H35NO2/c1-24(28-15-9-4-10-16-28)30(32)33-29(21-25-11-5-2-6-12-25)22-26-17-19-31(20-18-26)23-27-13-7-3-8-14-27/h2-16,24,26,29H,17-23H2,1H3. The molecule has 4 rings (SSSR count). The van der Waals surface area contributed by atoms with Gasteiger partial charge in [-0.1, -0.05) is 91.0 Å². The summed E-state index contributed by atoms with van der Waals surface area (Å²) < 4.78 is 6.14. The summed E-state index contributed by atoms with van der Waals surface area (Å²) in [5.41, 5.74) is 3.61. The number of hydrogen-bond donors (Lipinski definition) is 0. The first-order valence-corrected chi connectivity index (χ1v) is 12.2. The summed E-state index contributed by atoms with van der Waals surface area (Å²) in [5.74, 6) is 0.214. The molecule has 2 atom stereocenters. The molecular weight excluding hydrogens is 406 g/mol. The molecule has 33 heavy (non-hydrogen) atoms. The van der Waals surface area contributed by atoms with Crippen LogP contribution in [0.2, 0.25) is 0 Å². The Labute approximate surface area is 198 Å². The van der Waals surface area contributed by atoms with E-state index in [1.54, 1.807) is 0 Å². The Kier molecular flexibility index (Phi) is 8.32. The number of likely N-dealkylation sites (tertiary alicyclic amines) is 1. The van der Waals surface area contributed by atoms with Crippen LogP contribution in [0.15, 0.2) is 91.0 Å². The fourth-order valence-electron chi connectivity index (χ4n) is 4.79. The lowest BCUT2D eigenvalue weighted by Gasteiger charge is -2.34. The van der Waals surface area contributed by atoms with Crippen molar-refractivity contribution in [1.29, 1.82) is 0 Å².